The van der Waals surface area contributed by atoms with E-state index in [1.54, 1.807) is 0 Å². The van der Waals surface area contributed by atoms with E-state index in [0.717, 1.165) is 0 Å². The molecule has 0 unspecified atom stereocenters. The van der Waals surface area contributed by atoms with E-state index < -0.39 is 23.5 Å². The predicted octanol–water partition coefficient (Wildman–Crippen LogP) is 3.40. The number of aromatic nitrogens is 3. The fraction of sp³-hybridized carbons (Fsp3) is 0.100. The van der Waals surface area contributed by atoms with Gasteiger partial charge in [-0.25, -0.2) is 9.48 Å². The number of carbonyl (C=O) groups is 1. The van der Waals surface area contributed by atoms with E-state index in [0.29, 0.717) is 9.70 Å². The molecule has 0 amide bonds. The number of carboxylic acids is 1. The summed E-state index contributed by atoms with van der Waals surface area (Å²) in [5.74, 6) is -1.79. The van der Waals surface area contributed by atoms with Crippen LogP contribution in [-0.2, 0) is 6.18 Å². The van der Waals surface area contributed by atoms with Crippen molar-refractivity contribution in [1.29, 1.82) is 0 Å². The highest BCUT2D eigenvalue weighted by Gasteiger charge is 2.41. The summed E-state index contributed by atoms with van der Waals surface area (Å²) in [7, 11) is 0. The van der Waals surface area contributed by atoms with E-state index in [1.165, 1.54) is 18.2 Å². The minimum atomic E-state index is -4.91. The van der Waals surface area contributed by atoms with Gasteiger partial charge in [-0.3, -0.25) is 0 Å². The van der Waals surface area contributed by atoms with Crippen LogP contribution in [0.15, 0.2) is 22.7 Å². The molecule has 0 bridgehead atoms. The lowest BCUT2D eigenvalue weighted by Gasteiger charge is -2.08. The Morgan fingerprint density at radius 1 is 1.40 bits per heavy atom. The van der Waals surface area contributed by atoms with Crippen molar-refractivity contribution in [2.24, 2.45) is 0 Å². The summed E-state index contributed by atoms with van der Waals surface area (Å²) >= 11 is 8.79. The van der Waals surface area contributed by atoms with Crippen LogP contribution >= 0.6 is 27.5 Å². The second-order valence-electron chi connectivity index (χ2n) is 3.60. The molecule has 5 nitrogen and oxygen atoms in total. The van der Waals surface area contributed by atoms with Gasteiger partial charge in [0.1, 0.15) is 0 Å². The lowest BCUT2D eigenvalue weighted by atomic mass is 10.2. The zero-order valence-corrected chi connectivity index (χ0v) is 11.7. The predicted molar refractivity (Wildman–Crippen MR) is 66.0 cm³/mol. The van der Waals surface area contributed by atoms with Crippen LogP contribution in [0.1, 0.15) is 16.2 Å². The second-order valence-corrected chi connectivity index (χ2v) is 4.89. The smallest absolute Gasteiger partial charge is 0.437 e. The number of halogens is 5. The zero-order valence-electron chi connectivity index (χ0n) is 9.32. The van der Waals surface area contributed by atoms with Crippen LogP contribution in [0.3, 0.4) is 0 Å². The summed E-state index contributed by atoms with van der Waals surface area (Å²) in [6, 6.07) is 4.12. The van der Waals surface area contributed by atoms with Gasteiger partial charge in [-0.05, 0) is 34.1 Å². The Morgan fingerprint density at radius 3 is 2.55 bits per heavy atom. The topological polar surface area (TPSA) is 68.0 Å². The molecule has 106 valence electrons. The molecule has 0 atom stereocenters. The fourth-order valence-corrected chi connectivity index (χ4v) is 2.34. The van der Waals surface area contributed by atoms with Crippen molar-refractivity contribution < 1.29 is 23.1 Å². The first kappa shape index (κ1) is 14.8. The Balaban J connectivity index is 2.69. The Bertz CT molecular complexity index is 687. The molecule has 2 aromatic rings. The van der Waals surface area contributed by atoms with Gasteiger partial charge in [-0.2, -0.15) is 13.2 Å². The molecule has 10 heteroatoms. The largest absolute Gasteiger partial charge is 0.476 e. The van der Waals surface area contributed by atoms with Crippen LogP contribution in [-0.4, -0.2) is 26.1 Å². The summed E-state index contributed by atoms with van der Waals surface area (Å²) < 4.78 is 38.9. The lowest BCUT2D eigenvalue weighted by molar-refractivity contribution is -0.141. The molecule has 0 aliphatic heterocycles. The van der Waals surface area contributed by atoms with Crippen LogP contribution in [0.5, 0.6) is 0 Å². The first-order valence-corrected chi connectivity index (χ1v) is 6.10. The zero-order chi connectivity index (χ0) is 15.1. The molecule has 0 fully saturated rings. The van der Waals surface area contributed by atoms with Gasteiger partial charge >= 0.3 is 12.1 Å². The average Bonchev–Trinajstić information content (AvgIpc) is 2.72. The normalized spacial score (nSPS) is 11.7. The highest BCUT2D eigenvalue weighted by molar-refractivity contribution is 9.10. The van der Waals surface area contributed by atoms with Crippen molar-refractivity contribution in [2.45, 2.75) is 6.18 Å². The fourth-order valence-electron chi connectivity index (χ4n) is 1.49. The number of aromatic carboxylic acids is 1. The summed E-state index contributed by atoms with van der Waals surface area (Å²) in [6.45, 7) is 0. The Morgan fingerprint density at radius 2 is 2.05 bits per heavy atom. The van der Waals surface area contributed by atoms with Crippen molar-refractivity contribution in [3.63, 3.8) is 0 Å². The second kappa shape index (κ2) is 5.06. The van der Waals surface area contributed by atoms with Crippen LogP contribution in [0.25, 0.3) is 5.69 Å². The van der Waals surface area contributed by atoms with Gasteiger partial charge in [0.15, 0.2) is 5.69 Å². The molecule has 0 aliphatic carbocycles. The molecule has 1 heterocycles. The number of rotatable bonds is 2. The molecular formula is C10H4BrClF3N3O2. The van der Waals surface area contributed by atoms with Crippen LogP contribution in [0.2, 0.25) is 5.02 Å². The van der Waals surface area contributed by atoms with Gasteiger partial charge in [0, 0.05) is 9.50 Å². The van der Waals surface area contributed by atoms with Gasteiger partial charge in [-0.1, -0.05) is 16.8 Å². The van der Waals surface area contributed by atoms with Gasteiger partial charge < -0.3 is 5.11 Å². The number of nitrogens with zero attached hydrogens (tertiary/aromatic N) is 3. The van der Waals surface area contributed by atoms with Gasteiger partial charge in [-0.15, -0.1) is 5.10 Å². The molecule has 1 aromatic heterocycles. The number of benzene rings is 1. The van der Waals surface area contributed by atoms with Crippen molar-refractivity contribution in [3.8, 4) is 5.69 Å². The maximum Gasteiger partial charge on any atom is 0.437 e. The Hall–Kier alpha value is -1.61. The molecular weight excluding hydrogens is 366 g/mol. The molecule has 0 saturated carbocycles. The average molecular weight is 371 g/mol. The van der Waals surface area contributed by atoms with E-state index in [4.69, 9.17) is 16.7 Å². The minimum absolute atomic E-state index is 0.0785. The standard InChI is InChI=1S/C10H4BrClF3N3O2/c11-5-3-4(12)1-2-6(5)18-7(9(19)20)8(16-17-18)10(13,14)15/h1-3H,(H,19,20). The summed E-state index contributed by atoms with van der Waals surface area (Å²) in [5.41, 5.74) is -2.55. The molecule has 0 aliphatic rings. The first-order chi connectivity index (χ1) is 9.21. The van der Waals surface area contributed by atoms with Gasteiger partial charge in [0.25, 0.3) is 0 Å². The third-order valence-electron chi connectivity index (χ3n) is 2.28. The lowest BCUT2D eigenvalue weighted by Crippen LogP contribution is -2.16. The van der Waals surface area contributed by atoms with Crippen molar-refractivity contribution in [1.82, 2.24) is 15.0 Å². The number of hydrogen-bond acceptors (Lipinski definition) is 3. The monoisotopic (exact) mass is 369 g/mol. The molecule has 20 heavy (non-hydrogen) atoms. The van der Waals surface area contributed by atoms with Gasteiger partial charge in [0.2, 0.25) is 5.69 Å². The highest BCUT2D eigenvalue weighted by Crippen LogP contribution is 2.32. The van der Waals surface area contributed by atoms with E-state index in [9.17, 15) is 18.0 Å². The van der Waals surface area contributed by atoms with E-state index in [2.05, 4.69) is 26.2 Å². The van der Waals surface area contributed by atoms with Gasteiger partial charge in [0.05, 0.1) is 5.69 Å². The molecule has 0 spiro atoms. The van der Waals surface area contributed by atoms with Crippen molar-refractivity contribution >= 4 is 33.5 Å². The maximum atomic E-state index is 12.7. The Labute approximate surface area is 123 Å². The van der Waals surface area contributed by atoms with Crippen LogP contribution in [0.4, 0.5) is 13.2 Å². The van der Waals surface area contributed by atoms with Crippen LogP contribution in [0, 0.1) is 0 Å². The number of alkyl halides is 3. The first-order valence-electron chi connectivity index (χ1n) is 4.93. The van der Waals surface area contributed by atoms with Crippen molar-refractivity contribution in [2.75, 3.05) is 0 Å². The molecule has 1 N–H and O–H groups in total. The molecule has 0 saturated heterocycles. The summed E-state index contributed by atoms with van der Waals surface area (Å²) in [4.78, 5) is 11.1. The SMILES string of the molecule is O=C(O)c1c(C(F)(F)F)nnn1-c1ccc(Cl)cc1Br. The minimum Gasteiger partial charge on any atom is -0.476 e. The summed E-state index contributed by atoms with van der Waals surface area (Å²) in [5, 5.41) is 15.5. The quantitative estimate of drug-likeness (QED) is 0.880. The number of hydrogen-bond donors (Lipinski definition) is 1. The Kier molecular flexibility index (Phi) is 3.74. The summed E-state index contributed by atoms with van der Waals surface area (Å²) in [6.07, 6.45) is -4.91. The highest BCUT2D eigenvalue weighted by atomic mass is 79.9. The molecule has 2 rings (SSSR count). The van der Waals surface area contributed by atoms with E-state index >= 15 is 0 Å². The molecule has 1 aromatic carbocycles. The van der Waals surface area contributed by atoms with Crippen LogP contribution < -0.4 is 0 Å². The van der Waals surface area contributed by atoms with E-state index in [1.807, 2.05) is 0 Å². The molecule has 0 radical (unpaired) electrons. The number of carboxylic acid groups (broad SMARTS) is 1. The van der Waals surface area contributed by atoms with Crippen molar-refractivity contribution in [3.05, 3.63) is 39.1 Å². The maximum absolute atomic E-state index is 12.7. The third-order valence-corrected chi connectivity index (χ3v) is 3.15. The third kappa shape index (κ3) is 2.63. The van der Waals surface area contributed by atoms with E-state index in [-0.39, 0.29) is 10.2 Å².